The first-order chi connectivity index (χ1) is 8.76. The van der Waals surface area contributed by atoms with Crippen molar-refractivity contribution < 1.29 is 4.39 Å². The smallest absolute Gasteiger partial charge is 0.151 e. The fraction of sp³-hybridized carbons (Fsp3) is 0.231. The number of benzene rings is 1. The lowest BCUT2D eigenvalue weighted by molar-refractivity contribution is 0.625. The number of hydrogen-bond acceptors (Lipinski definition) is 3. The maximum Gasteiger partial charge on any atom is 0.151 e. The summed E-state index contributed by atoms with van der Waals surface area (Å²) in [7, 11) is 0. The van der Waals surface area contributed by atoms with Gasteiger partial charge >= 0.3 is 0 Å². The predicted molar refractivity (Wildman–Crippen MR) is 70.7 cm³/mol. The summed E-state index contributed by atoms with van der Waals surface area (Å²) in [4.78, 5) is 10.2. The Bertz CT molecular complexity index is 533. The maximum absolute atomic E-state index is 13.8. The lowest BCUT2D eigenvalue weighted by Crippen LogP contribution is -2.19. The van der Waals surface area contributed by atoms with E-state index in [4.69, 9.17) is 11.6 Å². The molecule has 2 rings (SSSR count). The average molecular weight is 266 g/mol. The first-order valence-electron chi connectivity index (χ1n) is 5.65. The van der Waals surface area contributed by atoms with E-state index in [1.54, 1.807) is 35.5 Å². The van der Waals surface area contributed by atoms with Gasteiger partial charge in [-0.25, -0.2) is 9.37 Å². The monoisotopic (exact) mass is 265 g/mol. The molecule has 0 atom stereocenters. The second-order valence-corrected chi connectivity index (χ2v) is 3.97. The Morgan fingerprint density at radius 3 is 2.72 bits per heavy atom. The highest BCUT2D eigenvalue weighted by molar-refractivity contribution is 6.16. The zero-order chi connectivity index (χ0) is 13.0. The van der Waals surface area contributed by atoms with Crippen molar-refractivity contribution in [3.63, 3.8) is 0 Å². The summed E-state index contributed by atoms with van der Waals surface area (Å²) in [6, 6.07) is 6.60. The lowest BCUT2D eigenvalue weighted by atomic mass is 10.2. The third kappa shape index (κ3) is 2.59. The molecule has 0 unspecified atom stereocenters. The van der Waals surface area contributed by atoms with Gasteiger partial charge in [0, 0.05) is 12.7 Å². The van der Waals surface area contributed by atoms with Crippen molar-refractivity contribution in [1.29, 1.82) is 0 Å². The van der Waals surface area contributed by atoms with Crippen LogP contribution >= 0.6 is 11.6 Å². The summed E-state index contributed by atoms with van der Waals surface area (Å²) in [5.41, 5.74) is 1.16. The molecule has 18 heavy (non-hydrogen) atoms. The van der Waals surface area contributed by atoms with Gasteiger partial charge < -0.3 is 4.90 Å². The van der Waals surface area contributed by atoms with Gasteiger partial charge in [-0.1, -0.05) is 12.1 Å². The van der Waals surface area contributed by atoms with Crippen LogP contribution in [0.25, 0.3) is 0 Å². The van der Waals surface area contributed by atoms with E-state index >= 15 is 0 Å². The fourth-order valence-corrected chi connectivity index (χ4v) is 1.84. The van der Waals surface area contributed by atoms with Gasteiger partial charge in [0.15, 0.2) is 5.82 Å². The number of nitrogens with zero attached hydrogens (tertiary/aromatic N) is 3. The molecule has 1 aromatic carbocycles. The number of anilines is 2. The van der Waals surface area contributed by atoms with Crippen molar-refractivity contribution in [3.05, 3.63) is 48.2 Å². The van der Waals surface area contributed by atoms with Crippen molar-refractivity contribution in [2.75, 3.05) is 11.4 Å². The Morgan fingerprint density at radius 2 is 2.06 bits per heavy atom. The Hall–Kier alpha value is -1.68. The molecule has 0 N–H and O–H groups in total. The van der Waals surface area contributed by atoms with E-state index in [1.807, 2.05) is 6.92 Å². The molecule has 0 saturated carbocycles. The molecule has 0 fully saturated rings. The van der Waals surface area contributed by atoms with Crippen LogP contribution < -0.4 is 4.90 Å². The second-order valence-electron chi connectivity index (χ2n) is 3.70. The topological polar surface area (TPSA) is 29.0 Å². The normalized spacial score (nSPS) is 10.4. The summed E-state index contributed by atoms with van der Waals surface area (Å²) < 4.78 is 13.8. The van der Waals surface area contributed by atoms with Crippen molar-refractivity contribution in [1.82, 2.24) is 9.97 Å². The van der Waals surface area contributed by atoms with Crippen molar-refractivity contribution >= 4 is 23.1 Å². The van der Waals surface area contributed by atoms with Crippen LogP contribution in [0.4, 0.5) is 15.9 Å². The molecule has 0 aliphatic carbocycles. The van der Waals surface area contributed by atoms with Crippen LogP contribution in [0.1, 0.15) is 12.6 Å². The second kappa shape index (κ2) is 5.78. The number of alkyl halides is 1. The van der Waals surface area contributed by atoms with E-state index in [1.165, 1.54) is 6.07 Å². The molecule has 0 radical (unpaired) electrons. The molecule has 0 aliphatic rings. The third-order valence-corrected chi connectivity index (χ3v) is 2.82. The predicted octanol–water partition coefficient (Wildman–Crippen LogP) is 3.51. The molecular weight excluding hydrogens is 253 g/mol. The minimum Gasteiger partial charge on any atom is -0.323 e. The van der Waals surface area contributed by atoms with Crippen molar-refractivity contribution in [2.45, 2.75) is 12.8 Å². The minimum atomic E-state index is -0.280. The van der Waals surface area contributed by atoms with Crippen LogP contribution in [0.3, 0.4) is 0 Å². The van der Waals surface area contributed by atoms with Gasteiger partial charge in [0.1, 0.15) is 5.82 Å². The standard InChI is InChI=1S/C13H13ClFN3/c1-2-18(12-6-4-3-5-11(12)15)13-9-16-8-10(7-14)17-13/h3-6,8-9H,2,7H2,1H3. The lowest BCUT2D eigenvalue weighted by Gasteiger charge is -2.22. The number of aromatic nitrogens is 2. The molecule has 0 amide bonds. The van der Waals surface area contributed by atoms with E-state index < -0.39 is 0 Å². The molecule has 3 nitrogen and oxygen atoms in total. The van der Waals surface area contributed by atoms with Crippen LogP contribution in [-0.4, -0.2) is 16.5 Å². The Kier molecular flexibility index (Phi) is 4.10. The van der Waals surface area contributed by atoms with E-state index in [2.05, 4.69) is 9.97 Å². The summed E-state index contributed by atoms with van der Waals surface area (Å²) in [5.74, 6) is 0.605. The molecule has 0 bridgehead atoms. The largest absolute Gasteiger partial charge is 0.323 e. The summed E-state index contributed by atoms with van der Waals surface area (Å²) in [5, 5.41) is 0. The first kappa shape index (κ1) is 12.8. The Morgan fingerprint density at radius 1 is 1.28 bits per heavy atom. The molecular formula is C13H13ClFN3. The molecule has 2 aromatic rings. The molecule has 1 heterocycles. The SMILES string of the molecule is CCN(c1cncc(CCl)n1)c1ccccc1F. The Balaban J connectivity index is 2.42. The number of rotatable bonds is 4. The number of hydrogen-bond donors (Lipinski definition) is 0. The molecule has 5 heteroatoms. The highest BCUT2D eigenvalue weighted by atomic mass is 35.5. The van der Waals surface area contributed by atoms with E-state index in [0.717, 1.165) is 0 Å². The van der Waals surface area contributed by atoms with Gasteiger partial charge in [0.05, 0.1) is 23.5 Å². The van der Waals surface area contributed by atoms with Crippen molar-refractivity contribution in [2.24, 2.45) is 0 Å². The fourth-order valence-electron chi connectivity index (χ4n) is 1.72. The minimum absolute atomic E-state index is 0.280. The summed E-state index contributed by atoms with van der Waals surface area (Å²) in [6.45, 7) is 2.53. The van der Waals surface area contributed by atoms with Crippen LogP contribution in [0.5, 0.6) is 0 Å². The van der Waals surface area contributed by atoms with Crippen LogP contribution in [0.2, 0.25) is 0 Å². The van der Waals surface area contributed by atoms with Crippen LogP contribution in [-0.2, 0) is 5.88 Å². The van der Waals surface area contributed by atoms with Crippen LogP contribution in [0.15, 0.2) is 36.7 Å². The average Bonchev–Trinajstić information content (AvgIpc) is 2.42. The van der Waals surface area contributed by atoms with E-state index in [9.17, 15) is 4.39 Å². The van der Waals surface area contributed by atoms with Gasteiger partial charge in [-0.05, 0) is 19.1 Å². The van der Waals surface area contributed by atoms with E-state index in [-0.39, 0.29) is 11.7 Å². The first-order valence-corrected chi connectivity index (χ1v) is 6.18. The number of halogens is 2. The number of para-hydroxylation sites is 1. The van der Waals surface area contributed by atoms with Gasteiger partial charge in [0.2, 0.25) is 0 Å². The highest BCUT2D eigenvalue weighted by Crippen LogP contribution is 2.25. The molecule has 0 spiro atoms. The van der Waals surface area contributed by atoms with Gasteiger partial charge in [-0.2, -0.15) is 0 Å². The molecule has 1 aromatic heterocycles. The van der Waals surface area contributed by atoms with Gasteiger partial charge in [-0.3, -0.25) is 4.98 Å². The van der Waals surface area contributed by atoms with Crippen molar-refractivity contribution in [3.8, 4) is 0 Å². The van der Waals surface area contributed by atoms with Crippen LogP contribution in [0, 0.1) is 5.82 Å². The van der Waals surface area contributed by atoms with Gasteiger partial charge in [-0.15, -0.1) is 11.6 Å². The highest BCUT2D eigenvalue weighted by Gasteiger charge is 2.13. The third-order valence-electron chi connectivity index (χ3n) is 2.54. The maximum atomic E-state index is 13.8. The zero-order valence-electron chi connectivity index (χ0n) is 9.98. The summed E-state index contributed by atoms with van der Waals surface area (Å²) >= 11 is 5.73. The molecule has 94 valence electrons. The molecule has 0 saturated heterocycles. The quantitative estimate of drug-likeness (QED) is 0.792. The molecule has 0 aliphatic heterocycles. The Labute approximate surface area is 110 Å². The van der Waals surface area contributed by atoms with Gasteiger partial charge in [0.25, 0.3) is 0 Å². The van der Waals surface area contributed by atoms with E-state index in [0.29, 0.717) is 23.7 Å². The summed E-state index contributed by atoms with van der Waals surface area (Å²) in [6.07, 6.45) is 3.21. The zero-order valence-corrected chi connectivity index (χ0v) is 10.7.